The summed E-state index contributed by atoms with van der Waals surface area (Å²) in [4.78, 5) is 0. The van der Waals surface area contributed by atoms with E-state index in [-0.39, 0.29) is 12.1 Å². The third kappa shape index (κ3) is 4.30. The van der Waals surface area contributed by atoms with Crippen molar-refractivity contribution in [2.24, 2.45) is 0 Å². The molecule has 0 aliphatic heterocycles. The van der Waals surface area contributed by atoms with Gasteiger partial charge in [0.05, 0.1) is 16.7 Å². The number of rotatable bonds is 5. The molecule has 1 aromatic rings. The SMILES string of the molecule is CC(C)(CO)NCCc1ccc(Cl)c(Cl)c1. The van der Waals surface area contributed by atoms with E-state index in [1.807, 2.05) is 26.0 Å². The lowest BCUT2D eigenvalue weighted by molar-refractivity contribution is 0.189. The molecule has 0 fully saturated rings. The zero-order valence-corrected chi connectivity index (χ0v) is 11.1. The lowest BCUT2D eigenvalue weighted by atomic mass is 10.1. The second-order valence-corrected chi connectivity index (χ2v) is 5.28. The summed E-state index contributed by atoms with van der Waals surface area (Å²) in [6.45, 7) is 4.84. The highest BCUT2D eigenvalue weighted by Crippen LogP contribution is 2.22. The molecule has 0 aliphatic rings. The fourth-order valence-corrected chi connectivity index (χ4v) is 1.62. The summed E-state index contributed by atoms with van der Waals surface area (Å²) in [5.41, 5.74) is 0.895. The van der Waals surface area contributed by atoms with Gasteiger partial charge in [-0.15, -0.1) is 0 Å². The van der Waals surface area contributed by atoms with Crippen LogP contribution in [0, 0.1) is 0 Å². The molecule has 2 nitrogen and oxygen atoms in total. The molecular formula is C12H17Cl2NO. The Morgan fingerprint density at radius 3 is 2.50 bits per heavy atom. The van der Waals surface area contributed by atoms with Crippen molar-refractivity contribution < 1.29 is 5.11 Å². The van der Waals surface area contributed by atoms with Crippen molar-refractivity contribution in [1.29, 1.82) is 0 Å². The first-order valence-electron chi connectivity index (χ1n) is 5.24. The van der Waals surface area contributed by atoms with E-state index in [0.29, 0.717) is 10.0 Å². The molecule has 0 aromatic heterocycles. The fraction of sp³-hybridized carbons (Fsp3) is 0.500. The molecule has 0 saturated heterocycles. The third-order valence-electron chi connectivity index (χ3n) is 2.40. The van der Waals surface area contributed by atoms with Crippen molar-refractivity contribution >= 4 is 23.2 Å². The van der Waals surface area contributed by atoms with Gasteiger partial charge in [-0.1, -0.05) is 29.3 Å². The number of aliphatic hydroxyl groups is 1. The monoisotopic (exact) mass is 261 g/mol. The van der Waals surface area contributed by atoms with Crippen LogP contribution in [0.25, 0.3) is 0 Å². The molecule has 0 radical (unpaired) electrons. The lowest BCUT2D eigenvalue weighted by Gasteiger charge is -2.23. The molecule has 0 amide bonds. The summed E-state index contributed by atoms with van der Waals surface area (Å²) in [7, 11) is 0. The van der Waals surface area contributed by atoms with Crippen LogP contribution in [-0.4, -0.2) is 23.8 Å². The Hall–Kier alpha value is -0.280. The smallest absolute Gasteiger partial charge is 0.0607 e. The first-order chi connectivity index (χ1) is 7.44. The molecule has 0 unspecified atom stereocenters. The molecule has 0 saturated carbocycles. The predicted molar refractivity (Wildman–Crippen MR) is 69.3 cm³/mol. The second kappa shape index (κ2) is 5.87. The number of hydrogen-bond acceptors (Lipinski definition) is 2. The highest BCUT2D eigenvalue weighted by Gasteiger charge is 2.14. The molecular weight excluding hydrogens is 245 g/mol. The van der Waals surface area contributed by atoms with Gasteiger partial charge in [0.1, 0.15) is 0 Å². The fourth-order valence-electron chi connectivity index (χ4n) is 1.30. The summed E-state index contributed by atoms with van der Waals surface area (Å²) < 4.78 is 0. The standard InChI is InChI=1S/C12H17Cl2NO/c1-12(2,8-16)15-6-5-9-3-4-10(13)11(14)7-9/h3-4,7,15-16H,5-6,8H2,1-2H3. The maximum Gasteiger partial charge on any atom is 0.0607 e. The molecule has 0 heterocycles. The number of nitrogens with one attached hydrogen (secondary N) is 1. The van der Waals surface area contributed by atoms with Gasteiger partial charge >= 0.3 is 0 Å². The van der Waals surface area contributed by atoms with E-state index in [2.05, 4.69) is 5.32 Å². The molecule has 1 aromatic carbocycles. The lowest BCUT2D eigenvalue weighted by Crippen LogP contribution is -2.43. The summed E-state index contributed by atoms with van der Waals surface area (Å²) in [5.74, 6) is 0. The van der Waals surface area contributed by atoms with E-state index >= 15 is 0 Å². The van der Waals surface area contributed by atoms with E-state index in [4.69, 9.17) is 28.3 Å². The van der Waals surface area contributed by atoms with Crippen LogP contribution in [0.1, 0.15) is 19.4 Å². The summed E-state index contributed by atoms with van der Waals surface area (Å²) >= 11 is 11.7. The number of hydrogen-bond donors (Lipinski definition) is 2. The van der Waals surface area contributed by atoms with Crippen LogP contribution < -0.4 is 5.32 Å². The number of halogens is 2. The zero-order valence-electron chi connectivity index (χ0n) is 9.56. The minimum atomic E-state index is -0.240. The van der Waals surface area contributed by atoms with Gasteiger partial charge in [-0.25, -0.2) is 0 Å². The largest absolute Gasteiger partial charge is 0.394 e. The zero-order chi connectivity index (χ0) is 12.2. The Morgan fingerprint density at radius 2 is 1.94 bits per heavy atom. The Labute approximate surface area is 107 Å². The molecule has 0 spiro atoms. The second-order valence-electron chi connectivity index (χ2n) is 4.47. The predicted octanol–water partition coefficient (Wildman–Crippen LogP) is 2.90. The minimum absolute atomic E-state index is 0.119. The van der Waals surface area contributed by atoms with Crippen molar-refractivity contribution in [2.75, 3.05) is 13.2 Å². The Morgan fingerprint density at radius 1 is 1.25 bits per heavy atom. The average Bonchev–Trinajstić information content (AvgIpc) is 2.23. The van der Waals surface area contributed by atoms with Gasteiger partial charge in [0.15, 0.2) is 0 Å². The highest BCUT2D eigenvalue weighted by atomic mass is 35.5. The molecule has 0 bridgehead atoms. The van der Waals surface area contributed by atoms with Crippen LogP contribution in [0.3, 0.4) is 0 Å². The molecule has 2 N–H and O–H groups in total. The highest BCUT2D eigenvalue weighted by molar-refractivity contribution is 6.42. The molecule has 16 heavy (non-hydrogen) atoms. The van der Waals surface area contributed by atoms with Crippen molar-refractivity contribution in [3.63, 3.8) is 0 Å². The number of aliphatic hydroxyl groups excluding tert-OH is 1. The van der Waals surface area contributed by atoms with E-state index in [1.165, 1.54) is 0 Å². The van der Waals surface area contributed by atoms with Crippen LogP contribution in [0.15, 0.2) is 18.2 Å². The Balaban J connectivity index is 2.46. The molecule has 1 rings (SSSR count). The van der Waals surface area contributed by atoms with Gasteiger partial charge in [0.25, 0.3) is 0 Å². The van der Waals surface area contributed by atoms with E-state index in [0.717, 1.165) is 18.5 Å². The molecule has 0 aliphatic carbocycles. The van der Waals surface area contributed by atoms with Crippen molar-refractivity contribution in [2.45, 2.75) is 25.8 Å². The van der Waals surface area contributed by atoms with Gasteiger partial charge in [-0.05, 0) is 44.5 Å². The maximum absolute atomic E-state index is 9.07. The minimum Gasteiger partial charge on any atom is -0.394 e. The van der Waals surface area contributed by atoms with Crippen LogP contribution >= 0.6 is 23.2 Å². The molecule has 90 valence electrons. The van der Waals surface area contributed by atoms with Crippen molar-refractivity contribution in [3.05, 3.63) is 33.8 Å². The van der Waals surface area contributed by atoms with Crippen LogP contribution in [-0.2, 0) is 6.42 Å². The number of benzene rings is 1. The van der Waals surface area contributed by atoms with Crippen LogP contribution in [0.5, 0.6) is 0 Å². The van der Waals surface area contributed by atoms with Crippen LogP contribution in [0.4, 0.5) is 0 Å². The maximum atomic E-state index is 9.07. The average molecular weight is 262 g/mol. The van der Waals surface area contributed by atoms with Gasteiger partial charge < -0.3 is 10.4 Å². The normalized spacial score (nSPS) is 11.8. The van der Waals surface area contributed by atoms with Gasteiger partial charge in [0, 0.05) is 5.54 Å². The van der Waals surface area contributed by atoms with Gasteiger partial charge in [0.2, 0.25) is 0 Å². The van der Waals surface area contributed by atoms with Gasteiger partial charge in [-0.2, -0.15) is 0 Å². The summed E-state index contributed by atoms with van der Waals surface area (Å²) in [6, 6.07) is 5.63. The molecule has 4 heteroatoms. The van der Waals surface area contributed by atoms with Crippen LogP contribution in [0.2, 0.25) is 10.0 Å². The molecule has 0 atom stereocenters. The first kappa shape index (κ1) is 13.8. The van der Waals surface area contributed by atoms with Gasteiger partial charge in [-0.3, -0.25) is 0 Å². The van der Waals surface area contributed by atoms with E-state index < -0.39 is 0 Å². The first-order valence-corrected chi connectivity index (χ1v) is 6.00. The van der Waals surface area contributed by atoms with E-state index in [9.17, 15) is 0 Å². The van der Waals surface area contributed by atoms with Crippen molar-refractivity contribution in [3.8, 4) is 0 Å². The van der Waals surface area contributed by atoms with E-state index in [1.54, 1.807) is 6.07 Å². The Bertz CT molecular complexity index is 353. The van der Waals surface area contributed by atoms with Crippen molar-refractivity contribution in [1.82, 2.24) is 5.32 Å². The Kier molecular flexibility index (Phi) is 5.06. The summed E-state index contributed by atoms with van der Waals surface area (Å²) in [6.07, 6.45) is 0.861. The third-order valence-corrected chi connectivity index (χ3v) is 3.14. The summed E-state index contributed by atoms with van der Waals surface area (Å²) in [5, 5.41) is 13.5. The quantitative estimate of drug-likeness (QED) is 0.855. The topological polar surface area (TPSA) is 32.3 Å².